The summed E-state index contributed by atoms with van der Waals surface area (Å²) in [5.74, 6) is 0.360. The molecule has 2 aromatic heterocycles. The van der Waals surface area contributed by atoms with Crippen molar-refractivity contribution >= 4 is 11.6 Å². The van der Waals surface area contributed by atoms with Gasteiger partial charge >= 0.3 is 5.63 Å². The second-order valence-corrected chi connectivity index (χ2v) is 7.06. The molecule has 0 radical (unpaired) electrons. The first-order valence-electron chi connectivity index (χ1n) is 9.38. The number of aryl methyl sites for hydroxylation is 1. The number of aromatic amines is 1. The van der Waals surface area contributed by atoms with Crippen LogP contribution in [-0.2, 0) is 0 Å². The van der Waals surface area contributed by atoms with Gasteiger partial charge in [-0.25, -0.2) is 4.79 Å². The molecule has 3 aromatic rings. The highest BCUT2D eigenvalue weighted by atomic mass is 16.4. The average molecular weight is 378 g/mol. The minimum atomic E-state index is -0.590. The third-order valence-electron chi connectivity index (χ3n) is 5.07. The number of benzene rings is 1. The standard InChI is InChI=1S/C21H22N4O3/c1-13-9-18(15-3-2-8-22-10-15)28-21(27)19(13)20(26)25-17-6-4-14(5-7-17)16-11-23-24-12-16/h4-7,9,11-12,15,22H,2-3,8,10H2,1H3,(H,23,24)(H,25,26). The van der Waals surface area contributed by atoms with Crippen LogP contribution in [0.5, 0.6) is 0 Å². The fourth-order valence-electron chi connectivity index (χ4n) is 3.55. The third-order valence-corrected chi connectivity index (χ3v) is 5.07. The first kappa shape index (κ1) is 18.2. The number of rotatable bonds is 4. The highest BCUT2D eigenvalue weighted by molar-refractivity contribution is 6.05. The third kappa shape index (κ3) is 3.75. The van der Waals surface area contributed by atoms with E-state index in [1.165, 1.54) is 0 Å². The predicted molar refractivity (Wildman–Crippen MR) is 107 cm³/mol. The SMILES string of the molecule is Cc1cc(C2CCCNC2)oc(=O)c1C(=O)Nc1ccc(-c2cn[nH]c2)cc1. The number of hydrogen-bond acceptors (Lipinski definition) is 5. The quantitative estimate of drug-likeness (QED) is 0.648. The maximum Gasteiger partial charge on any atom is 0.349 e. The second-order valence-electron chi connectivity index (χ2n) is 7.06. The van der Waals surface area contributed by atoms with E-state index in [-0.39, 0.29) is 11.5 Å². The van der Waals surface area contributed by atoms with E-state index in [1.807, 2.05) is 18.2 Å². The molecule has 3 N–H and O–H groups in total. The molecule has 0 aliphatic carbocycles. The highest BCUT2D eigenvalue weighted by Crippen LogP contribution is 2.24. The summed E-state index contributed by atoms with van der Waals surface area (Å²) in [5, 5.41) is 12.8. The fourth-order valence-corrected chi connectivity index (χ4v) is 3.55. The van der Waals surface area contributed by atoms with Gasteiger partial charge in [0.05, 0.1) is 6.20 Å². The Kier molecular flexibility index (Phi) is 5.08. The maximum atomic E-state index is 12.7. The number of hydrogen-bond donors (Lipinski definition) is 3. The normalized spacial score (nSPS) is 16.7. The smallest absolute Gasteiger partial charge is 0.349 e. The largest absolute Gasteiger partial charge is 0.427 e. The molecule has 4 rings (SSSR count). The Hall–Kier alpha value is -3.19. The number of nitrogens with one attached hydrogen (secondary N) is 3. The first-order valence-corrected chi connectivity index (χ1v) is 9.38. The number of aromatic nitrogens is 2. The van der Waals surface area contributed by atoms with Crippen LogP contribution in [-0.4, -0.2) is 29.2 Å². The molecule has 1 fully saturated rings. The Morgan fingerprint density at radius 1 is 1.25 bits per heavy atom. The van der Waals surface area contributed by atoms with Gasteiger partial charge in [0.1, 0.15) is 11.3 Å². The zero-order chi connectivity index (χ0) is 19.5. The monoisotopic (exact) mass is 378 g/mol. The van der Waals surface area contributed by atoms with Crippen molar-refractivity contribution in [3.8, 4) is 11.1 Å². The Bertz CT molecular complexity index is 1020. The summed E-state index contributed by atoms with van der Waals surface area (Å²) in [5.41, 5.74) is 2.63. The number of H-pyrrole nitrogens is 1. The van der Waals surface area contributed by atoms with E-state index >= 15 is 0 Å². The van der Waals surface area contributed by atoms with Crippen LogP contribution < -0.4 is 16.3 Å². The van der Waals surface area contributed by atoms with E-state index in [1.54, 1.807) is 31.5 Å². The summed E-state index contributed by atoms with van der Waals surface area (Å²) in [6.45, 7) is 3.55. The van der Waals surface area contributed by atoms with Crippen molar-refractivity contribution in [1.82, 2.24) is 15.5 Å². The van der Waals surface area contributed by atoms with Gasteiger partial charge in [0, 0.05) is 29.9 Å². The molecule has 0 saturated carbocycles. The van der Waals surface area contributed by atoms with Gasteiger partial charge in [0.2, 0.25) is 0 Å². The number of anilines is 1. The van der Waals surface area contributed by atoms with E-state index < -0.39 is 11.5 Å². The molecular formula is C21H22N4O3. The van der Waals surface area contributed by atoms with Crippen molar-refractivity contribution in [3.63, 3.8) is 0 Å². The lowest BCUT2D eigenvalue weighted by atomic mass is 9.95. The van der Waals surface area contributed by atoms with Crippen LogP contribution in [0.2, 0.25) is 0 Å². The minimum absolute atomic E-state index is 0.0476. The fraction of sp³-hybridized carbons (Fsp3) is 0.286. The Morgan fingerprint density at radius 3 is 2.71 bits per heavy atom. The minimum Gasteiger partial charge on any atom is -0.427 e. The first-order chi connectivity index (χ1) is 13.6. The number of carbonyl (C=O) groups is 1. The lowest BCUT2D eigenvalue weighted by Gasteiger charge is -2.22. The van der Waals surface area contributed by atoms with E-state index in [2.05, 4.69) is 20.8 Å². The molecule has 7 nitrogen and oxygen atoms in total. The van der Waals surface area contributed by atoms with Crippen LogP contribution in [0.1, 0.15) is 40.4 Å². The molecule has 7 heteroatoms. The van der Waals surface area contributed by atoms with Gasteiger partial charge < -0.3 is 15.1 Å². The zero-order valence-electron chi connectivity index (χ0n) is 15.6. The summed E-state index contributed by atoms with van der Waals surface area (Å²) in [6, 6.07) is 9.17. The van der Waals surface area contributed by atoms with Crippen molar-refractivity contribution < 1.29 is 9.21 Å². The van der Waals surface area contributed by atoms with Crippen LogP contribution >= 0.6 is 0 Å². The molecule has 1 saturated heterocycles. The molecule has 144 valence electrons. The summed E-state index contributed by atoms with van der Waals surface area (Å²) in [4.78, 5) is 25.1. The van der Waals surface area contributed by atoms with Crippen LogP contribution in [0.15, 0.2) is 51.9 Å². The van der Waals surface area contributed by atoms with Gasteiger partial charge in [-0.05, 0) is 55.6 Å². The lowest BCUT2D eigenvalue weighted by Crippen LogP contribution is -2.30. The Labute approximate surface area is 162 Å². The molecule has 0 spiro atoms. The number of carbonyl (C=O) groups excluding carboxylic acids is 1. The van der Waals surface area contributed by atoms with Crippen LogP contribution in [0, 0.1) is 6.92 Å². The van der Waals surface area contributed by atoms with Gasteiger partial charge in [-0.1, -0.05) is 12.1 Å². The Morgan fingerprint density at radius 2 is 2.07 bits per heavy atom. The molecule has 1 atom stereocenters. The molecule has 0 bridgehead atoms. The molecule has 1 amide bonds. The molecule has 1 unspecified atom stereocenters. The van der Waals surface area contributed by atoms with Crippen LogP contribution in [0.3, 0.4) is 0 Å². The van der Waals surface area contributed by atoms with Gasteiger partial charge in [-0.2, -0.15) is 5.10 Å². The van der Waals surface area contributed by atoms with Gasteiger partial charge in [0.25, 0.3) is 5.91 Å². The molecule has 28 heavy (non-hydrogen) atoms. The number of amides is 1. The summed E-state index contributed by atoms with van der Waals surface area (Å²) >= 11 is 0. The summed E-state index contributed by atoms with van der Waals surface area (Å²) in [6.07, 6.45) is 5.55. The lowest BCUT2D eigenvalue weighted by molar-refractivity contribution is 0.102. The average Bonchev–Trinajstić information content (AvgIpc) is 3.23. The van der Waals surface area contributed by atoms with Crippen molar-refractivity contribution in [3.05, 3.63) is 70.0 Å². The molecule has 1 aromatic carbocycles. The van der Waals surface area contributed by atoms with Gasteiger partial charge in [0.15, 0.2) is 0 Å². The summed E-state index contributed by atoms with van der Waals surface area (Å²) < 4.78 is 5.49. The van der Waals surface area contributed by atoms with Gasteiger partial charge in [-0.15, -0.1) is 0 Å². The molecule has 1 aliphatic heterocycles. The second kappa shape index (κ2) is 7.82. The number of nitrogens with zero attached hydrogens (tertiary/aromatic N) is 1. The molecular weight excluding hydrogens is 356 g/mol. The highest BCUT2D eigenvalue weighted by Gasteiger charge is 2.22. The van der Waals surface area contributed by atoms with E-state index in [9.17, 15) is 9.59 Å². The van der Waals surface area contributed by atoms with Crippen LogP contribution in [0.25, 0.3) is 11.1 Å². The zero-order valence-corrected chi connectivity index (χ0v) is 15.6. The van der Waals surface area contributed by atoms with E-state index in [4.69, 9.17) is 4.42 Å². The number of piperidine rings is 1. The van der Waals surface area contributed by atoms with E-state index in [0.717, 1.165) is 37.1 Å². The van der Waals surface area contributed by atoms with Crippen molar-refractivity contribution in [1.29, 1.82) is 0 Å². The van der Waals surface area contributed by atoms with Crippen molar-refractivity contribution in [2.75, 3.05) is 18.4 Å². The molecule has 1 aliphatic rings. The van der Waals surface area contributed by atoms with Crippen molar-refractivity contribution in [2.24, 2.45) is 0 Å². The van der Waals surface area contributed by atoms with Crippen LogP contribution in [0.4, 0.5) is 5.69 Å². The summed E-state index contributed by atoms with van der Waals surface area (Å²) in [7, 11) is 0. The predicted octanol–water partition coefficient (Wildman–Crippen LogP) is 3.06. The topological polar surface area (TPSA) is 100 Å². The maximum absolute atomic E-state index is 12.7. The molecule has 3 heterocycles. The van der Waals surface area contributed by atoms with E-state index in [0.29, 0.717) is 17.0 Å². The van der Waals surface area contributed by atoms with Crippen molar-refractivity contribution in [2.45, 2.75) is 25.7 Å². The van der Waals surface area contributed by atoms with Gasteiger partial charge in [-0.3, -0.25) is 9.89 Å². The Balaban J connectivity index is 1.52.